The summed E-state index contributed by atoms with van der Waals surface area (Å²) in [6.45, 7) is 3.95. The van der Waals surface area contributed by atoms with Crippen molar-refractivity contribution in [1.29, 1.82) is 0 Å². The highest BCUT2D eigenvalue weighted by atomic mass is 31.0. The van der Waals surface area contributed by atoms with Crippen molar-refractivity contribution in [2.45, 2.75) is 62.9 Å². The van der Waals surface area contributed by atoms with Gasteiger partial charge in [0.25, 0.3) is 0 Å². The molecule has 2 aliphatic rings. The lowest BCUT2D eigenvalue weighted by atomic mass is 9.73. The predicted octanol–water partition coefficient (Wildman–Crippen LogP) is 0.833. The molecule has 2 rings (SSSR count). The Morgan fingerprint density at radius 3 is 2.14 bits per heavy atom. The minimum Gasteiger partial charge on any atom is -0.390 e. The van der Waals surface area contributed by atoms with Crippen molar-refractivity contribution in [2.75, 3.05) is 19.4 Å². The first-order valence-corrected chi connectivity index (χ1v) is 9.11. The van der Waals surface area contributed by atoms with Gasteiger partial charge in [-0.25, -0.2) is 0 Å². The van der Waals surface area contributed by atoms with E-state index in [1.54, 1.807) is 0 Å². The van der Waals surface area contributed by atoms with Gasteiger partial charge in [0.05, 0.1) is 25.8 Å². The van der Waals surface area contributed by atoms with E-state index in [-0.39, 0.29) is 43.5 Å². The quantitative estimate of drug-likeness (QED) is 0.598. The first-order valence-electron chi connectivity index (χ1n) is 8.19. The van der Waals surface area contributed by atoms with Crippen LogP contribution in [0.15, 0.2) is 0 Å². The van der Waals surface area contributed by atoms with Gasteiger partial charge in [-0.15, -0.1) is 18.5 Å². The molecule has 1 N–H and O–H groups in total. The molecule has 8 atom stereocenters. The molecule has 0 aliphatic carbocycles. The van der Waals surface area contributed by atoms with Gasteiger partial charge in [0.2, 0.25) is 0 Å². The van der Waals surface area contributed by atoms with E-state index < -0.39 is 0 Å². The lowest BCUT2D eigenvalue weighted by molar-refractivity contribution is 0.0232. The third-order valence-corrected chi connectivity index (χ3v) is 4.83. The van der Waals surface area contributed by atoms with Gasteiger partial charge in [0, 0.05) is 19.1 Å². The molecule has 2 fully saturated rings. The van der Waals surface area contributed by atoms with E-state index in [1.807, 2.05) is 28.2 Å². The smallest absolute Gasteiger partial charge is 0.146 e. The zero-order valence-corrected chi connectivity index (χ0v) is 15.3. The van der Waals surface area contributed by atoms with Crippen LogP contribution in [0.4, 0.5) is 0 Å². The second-order valence-corrected chi connectivity index (χ2v) is 6.25. The van der Waals surface area contributed by atoms with Crippen LogP contribution in [0.1, 0.15) is 14.2 Å². The van der Waals surface area contributed by atoms with Gasteiger partial charge in [-0.1, -0.05) is 13.6 Å². The molecule has 21 heavy (non-hydrogen) atoms. The summed E-state index contributed by atoms with van der Waals surface area (Å²) in [5, 5.41) is 9.33. The Kier molecular flexibility index (Phi) is 9.15. The monoisotopic (exact) mass is 334 g/mol. The Bertz CT molecular complexity index is 307. The molecule has 2 aliphatic heterocycles. The van der Waals surface area contributed by atoms with Crippen molar-refractivity contribution in [3.05, 3.63) is 0 Å². The molecule has 0 aromatic carbocycles. The van der Waals surface area contributed by atoms with Crippen molar-refractivity contribution in [1.82, 2.24) is 0 Å². The molecule has 8 heteroatoms. The lowest BCUT2D eigenvalue weighted by Crippen LogP contribution is -2.24. The van der Waals surface area contributed by atoms with Crippen molar-refractivity contribution in [2.24, 2.45) is 0 Å². The van der Waals surface area contributed by atoms with E-state index in [4.69, 9.17) is 15.6 Å². The van der Waals surface area contributed by atoms with Gasteiger partial charge in [0.1, 0.15) is 14.6 Å². The molecule has 0 spiro atoms. The average molecular weight is 334 g/mol. The van der Waals surface area contributed by atoms with E-state index >= 15 is 0 Å². The second-order valence-electron chi connectivity index (χ2n) is 5.31. The molecule has 2 saturated heterocycles. The number of hydrogen-bond donors (Lipinski definition) is 1. The van der Waals surface area contributed by atoms with Crippen LogP contribution < -0.4 is 0 Å². The van der Waals surface area contributed by atoms with E-state index in [1.165, 1.54) is 0 Å². The van der Waals surface area contributed by atoms with Crippen LogP contribution in [0, 0.1) is 0 Å². The number of aliphatic hydroxyl groups excluding tert-OH is 1. The molecule has 0 aromatic heterocycles. The first-order chi connectivity index (χ1) is 10.6. The maximum atomic E-state index is 9.33. The predicted molar refractivity (Wildman–Crippen MR) is 95.7 cm³/mol. The number of aliphatic hydroxyl groups is 1. The summed E-state index contributed by atoms with van der Waals surface area (Å²) in [4.78, 5) is 0. The summed E-state index contributed by atoms with van der Waals surface area (Å²) in [5.41, 5.74) is 0. The van der Waals surface area contributed by atoms with E-state index in [9.17, 15) is 5.11 Å². The zero-order valence-electron chi connectivity index (χ0n) is 14.0. The molecule has 0 aromatic rings. The van der Waals surface area contributed by atoms with Crippen molar-refractivity contribution < 1.29 is 20.7 Å². The maximum Gasteiger partial charge on any atom is 0.146 e. The summed E-state index contributed by atoms with van der Waals surface area (Å²) < 4.78 is 23.3. The van der Waals surface area contributed by atoms with Gasteiger partial charge in [-0.2, -0.15) is 0 Å². The van der Waals surface area contributed by atoms with Crippen LogP contribution in [0.5, 0.6) is 0 Å². The highest BCUT2D eigenvalue weighted by Crippen LogP contribution is 2.23. The fourth-order valence-corrected chi connectivity index (χ4v) is 3.37. The Labute approximate surface area is 136 Å². The molecule has 0 saturated carbocycles. The fraction of sp³-hybridized carbons (Fsp3) is 1.00. The molecule has 0 amide bonds. The second kappa shape index (κ2) is 10.6. The van der Waals surface area contributed by atoms with Gasteiger partial charge in [-0.05, 0) is 25.2 Å². The van der Waals surface area contributed by atoms with Crippen LogP contribution in [0.3, 0.4) is 0 Å². The number of ether oxygens (including phenoxy) is 3. The molecule has 4 unspecified atom stereocenters. The lowest BCUT2D eigenvalue weighted by Gasteiger charge is -2.14. The molecule has 0 bridgehead atoms. The minimum atomic E-state index is -0.265. The standard InChI is InChI=1S/C7H15BO2P.C6H13BO2P/c1-8-7-3-5(9-2)6(4-11)10-7;1-7-6-2-4(8)5(3-10)9-6/h5-7H,3-4,11H2,1-2H3;4-6,8H,2-3,10H2,1H3/t5?,6-,7-;4?,5-,6-/m11/s1/i2T;. The molecule has 120 valence electrons. The molecular weight excluding hydrogens is 304 g/mol. The van der Waals surface area contributed by atoms with E-state index in [0.717, 1.165) is 25.2 Å². The van der Waals surface area contributed by atoms with E-state index in [0.29, 0.717) is 0 Å². The Balaban J connectivity index is 0.000000224. The Morgan fingerprint density at radius 1 is 1.14 bits per heavy atom. The largest absolute Gasteiger partial charge is 0.390 e. The van der Waals surface area contributed by atoms with Crippen molar-refractivity contribution >= 4 is 33.0 Å². The summed E-state index contributed by atoms with van der Waals surface area (Å²) in [5.74, 6) is 0. The third-order valence-electron chi connectivity index (χ3n) is 3.90. The topological polar surface area (TPSA) is 47.9 Å². The summed E-state index contributed by atoms with van der Waals surface area (Å²) in [7, 11) is 9.30. The SMILES string of the molecule is C[B][C@H]1CC(O)[C@@H](CP)O1.[3H]COC1C[C@H]([B]C)O[C@@H]1CP. The van der Waals surface area contributed by atoms with Crippen LogP contribution in [0.25, 0.3) is 0 Å². The molecule has 2 radical (unpaired) electrons. The highest BCUT2D eigenvalue weighted by Gasteiger charge is 2.33. The van der Waals surface area contributed by atoms with Gasteiger partial charge >= 0.3 is 0 Å². The minimum absolute atomic E-state index is 0.0334. The summed E-state index contributed by atoms with van der Waals surface area (Å²) in [6.07, 6.45) is 3.40. The zero-order chi connectivity index (χ0) is 16.5. The average Bonchev–Trinajstić information content (AvgIpc) is 3.10. The van der Waals surface area contributed by atoms with Gasteiger partial charge in [-0.3, -0.25) is 0 Å². The Morgan fingerprint density at radius 2 is 1.71 bits per heavy atom. The highest BCUT2D eigenvalue weighted by molar-refractivity contribution is 7.16. The molecular formula is C13H28B2O4P2. The molecule has 2 heterocycles. The number of methoxy groups -OCH3 is 1. The van der Waals surface area contributed by atoms with Crippen LogP contribution in [0.2, 0.25) is 13.6 Å². The third kappa shape index (κ3) is 6.09. The fourth-order valence-electron chi connectivity index (χ4n) is 2.53. The Hall–Kier alpha value is 0.830. The van der Waals surface area contributed by atoms with Crippen LogP contribution >= 0.6 is 18.5 Å². The summed E-state index contributed by atoms with van der Waals surface area (Å²) >= 11 is 0. The number of hydrogen-bond acceptors (Lipinski definition) is 4. The first kappa shape index (κ1) is 18.2. The van der Waals surface area contributed by atoms with E-state index in [2.05, 4.69) is 18.5 Å². The van der Waals surface area contributed by atoms with Crippen LogP contribution in [-0.4, -0.2) is 75.5 Å². The molecule has 4 nitrogen and oxygen atoms in total. The summed E-state index contributed by atoms with van der Waals surface area (Å²) in [6, 6.07) is 0.382. The normalized spacial score (nSPS) is 39.4. The van der Waals surface area contributed by atoms with Crippen molar-refractivity contribution in [3.63, 3.8) is 0 Å². The van der Waals surface area contributed by atoms with Crippen LogP contribution in [-0.2, 0) is 14.2 Å². The van der Waals surface area contributed by atoms with Gasteiger partial charge < -0.3 is 19.3 Å². The van der Waals surface area contributed by atoms with Gasteiger partial charge in [0.15, 0.2) is 0 Å². The maximum absolute atomic E-state index is 9.33. The number of rotatable bonds is 5. The van der Waals surface area contributed by atoms with Crippen molar-refractivity contribution in [3.8, 4) is 0 Å².